The van der Waals surface area contributed by atoms with Crippen LogP contribution in [0, 0.1) is 0 Å². The maximum Gasteiger partial charge on any atom is 0.110 e. The Morgan fingerprint density at radius 2 is 2.20 bits per heavy atom. The van der Waals surface area contributed by atoms with Crippen LogP contribution in [0.4, 0.5) is 0 Å². The van der Waals surface area contributed by atoms with Gasteiger partial charge in [0.2, 0.25) is 0 Å². The van der Waals surface area contributed by atoms with E-state index < -0.39 is 0 Å². The van der Waals surface area contributed by atoms with Crippen molar-refractivity contribution in [1.82, 2.24) is 9.55 Å². The third-order valence-electron chi connectivity index (χ3n) is 2.47. The van der Waals surface area contributed by atoms with E-state index in [0.717, 1.165) is 23.3 Å². The molecule has 2 N–H and O–H groups in total. The van der Waals surface area contributed by atoms with Crippen molar-refractivity contribution in [3.8, 4) is 0 Å². The van der Waals surface area contributed by atoms with Gasteiger partial charge in [0.1, 0.15) is 5.82 Å². The number of para-hydroxylation sites is 2. The molecule has 1 heterocycles. The lowest BCUT2D eigenvalue weighted by Gasteiger charge is -2.00. The van der Waals surface area contributed by atoms with Crippen LogP contribution in [0.2, 0.25) is 0 Å². The van der Waals surface area contributed by atoms with Crippen LogP contribution in [-0.2, 0) is 13.5 Å². The molecule has 0 saturated carbocycles. The Balaban J connectivity index is 2.36. The van der Waals surface area contributed by atoms with Crippen molar-refractivity contribution >= 4 is 28.2 Å². The predicted molar refractivity (Wildman–Crippen MR) is 65.8 cm³/mol. The van der Waals surface area contributed by atoms with E-state index in [1.807, 2.05) is 25.2 Å². The number of rotatable bonds is 3. The SMILES string of the molecule is Cn1c(CCC(N)=S)nc2ccccc21. The van der Waals surface area contributed by atoms with Gasteiger partial charge in [-0.1, -0.05) is 24.4 Å². The molecule has 0 aliphatic heterocycles. The van der Waals surface area contributed by atoms with Crippen LogP contribution < -0.4 is 5.73 Å². The van der Waals surface area contributed by atoms with Crippen molar-refractivity contribution < 1.29 is 0 Å². The zero-order valence-corrected chi connectivity index (χ0v) is 9.42. The molecule has 4 heteroatoms. The molecule has 2 rings (SSSR count). The maximum absolute atomic E-state index is 5.48. The Labute approximate surface area is 93.9 Å². The number of hydrogen-bond acceptors (Lipinski definition) is 2. The first-order valence-electron chi connectivity index (χ1n) is 4.87. The summed E-state index contributed by atoms with van der Waals surface area (Å²) >= 11 is 4.86. The molecule has 0 spiro atoms. The Hall–Kier alpha value is -1.42. The van der Waals surface area contributed by atoms with Crippen molar-refractivity contribution in [2.24, 2.45) is 12.8 Å². The molecule has 0 aliphatic rings. The zero-order valence-electron chi connectivity index (χ0n) is 8.60. The summed E-state index contributed by atoms with van der Waals surface area (Å²) in [7, 11) is 2.02. The van der Waals surface area contributed by atoms with Crippen molar-refractivity contribution in [1.29, 1.82) is 0 Å². The van der Waals surface area contributed by atoms with Gasteiger partial charge >= 0.3 is 0 Å². The summed E-state index contributed by atoms with van der Waals surface area (Å²) in [5.74, 6) is 1.03. The van der Waals surface area contributed by atoms with Gasteiger partial charge in [-0.2, -0.15) is 0 Å². The summed E-state index contributed by atoms with van der Waals surface area (Å²) in [6.07, 6.45) is 1.52. The molecule has 1 aromatic heterocycles. The molecule has 0 amide bonds. The second-order valence-electron chi connectivity index (χ2n) is 3.54. The molecular formula is C11H13N3S. The first-order valence-corrected chi connectivity index (χ1v) is 5.28. The molecule has 0 saturated heterocycles. The Morgan fingerprint density at radius 1 is 1.47 bits per heavy atom. The van der Waals surface area contributed by atoms with E-state index in [2.05, 4.69) is 15.6 Å². The van der Waals surface area contributed by atoms with Gasteiger partial charge in [0.25, 0.3) is 0 Å². The minimum Gasteiger partial charge on any atom is -0.393 e. The largest absolute Gasteiger partial charge is 0.393 e. The van der Waals surface area contributed by atoms with Crippen LogP contribution >= 0.6 is 12.2 Å². The molecule has 0 bridgehead atoms. The van der Waals surface area contributed by atoms with Gasteiger partial charge in [-0.05, 0) is 12.1 Å². The van der Waals surface area contributed by atoms with E-state index in [0.29, 0.717) is 11.4 Å². The van der Waals surface area contributed by atoms with Crippen molar-refractivity contribution in [2.75, 3.05) is 0 Å². The molecule has 3 nitrogen and oxygen atoms in total. The Morgan fingerprint density at radius 3 is 2.87 bits per heavy atom. The molecule has 78 valence electrons. The van der Waals surface area contributed by atoms with Gasteiger partial charge in [-0.3, -0.25) is 0 Å². The maximum atomic E-state index is 5.48. The summed E-state index contributed by atoms with van der Waals surface area (Å²) in [5.41, 5.74) is 7.65. The standard InChI is InChI=1S/C11H13N3S/c1-14-9-5-3-2-4-8(9)13-11(14)7-6-10(12)15/h2-5H,6-7H2,1H3,(H2,12,15). The van der Waals surface area contributed by atoms with Crippen molar-refractivity contribution in [2.45, 2.75) is 12.8 Å². The highest BCUT2D eigenvalue weighted by atomic mass is 32.1. The molecule has 0 unspecified atom stereocenters. The number of hydrogen-bond donors (Lipinski definition) is 1. The number of nitrogens with zero attached hydrogens (tertiary/aromatic N) is 2. The van der Waals surface area contributed by atoms with Gasteiger partial charge in [0, 0.05) is 19.9 Å². The summed E-state index contributed by atoms with van der Waals surface area (Å²) in [5, 5.41) is 0. The lowest BCUT2D eigenvalue weighted by Crippen LogP contribution is -2.10. The number of imidazole rings is 1. The fourth-order valence-corrected chi connectivity index (χ4v) is 1.76. The molecule has 2 aromatic rings. The van der Waals surface area contributed by atoms with Crippen LogP contribution in [-0.4, -0.2) is 14.5 Å². The quantitative estimate of drug-likeness (QED) is 0.800. The summed E-state index contributed by atoms with van der Waals surface area (Å²) in [6, 6.07) is 8.08. The second kappa shape index (κ2) is 3.98. The van der Waals surface area contributed by atoms with Crippen LogP contribution in [0.3, 0.4) is 0 Å². The van der Waals surface area contributed by atoms with E-state index in [9.17, 15) is 0 Å². The highest BCUT2D eigenvalue weighted by Crippen LogP contribution is 2.14. The first-order chi connectivity index (χ1) is 7.18. The smallest absolute Gasteiger partial charge is 0.110 e. The highest BCUT2D eigenvalue weighted by Gasteiger charge is 2.06. The molecule has 0 fully saturated rings. The molecule has 0 aliphatic carbocycles. The van der Waals surface area contributed by atoms with Crippen molar-refractivity contribution in [3.63, 3.8) is 0 Å². The fraction of sp³-hybridized carbons (Fsp3) is 0.273. The van der Waals surface area contributed by atoms with Crippen molar-refractivity contribution in [3.05, 3.63) is 30.1 Å². The lowest BCUT2D eigenvalue weighted by atomic mass is 10.3. The Bertz CT molecular complexity index is 502. The van der Waals surface area contributed by atoms with E-state index in [1.54, 1.807) is 0 Å². The Kier molecular flexibility index (Phi) is 2.68. The van der Waals surface area contributed by atoms with Gasteiger partial charge in [-0.15, -0.1) is 0 Å². The number of thiocarbonyl (C=S) groups is 1. The molecule has 15 heavy (non-hydrogen) atoms. The first kappa shape index (κ1) is 10.1. The van der Waals surface area contributed by atoms with Gasteiger partial charge in [-0.25, -0.2) is 4.98 Å². The third-order valence-corrected chi connectivity index (χ3v) is 2.68. The average Bonchev–Trinajstić information content (AvgIpc) is 2.54. The number of benzene rings is 1. The minimum absolute atomic E-state index is 0.544. The number of aryl methyl sites for hydroxylation is 2. The molecule has 1 aromatic carbocycles. The van der Waals surface area contributed by atoms with E-state index in [1.165, 1.54) is 0 Å². The minimum atomic E-state index is 0.544. The normalized spacial score (nSPS) is 10.7. The van der Waals surface area contributed by atoms with Gasteiger partial charge in [0.05, 0.1) is 16.0 Å². The van der Waals surface area contributed by atoms with Crippen LogP contribution in [0.1, 0.15) is 12.2 Å². The predicted octanol–water partition coefficient (Wildman–Crippen LogP) is 1.79. The van der Waals surface area contributed by atoms with Crippen LogP contribution in [0.15, 0.2) is 24.3 Å². The average molecular weight is 219 g/mol. The lowest BCUT2D eigenvalue weighted by molar-refractivity contribution is 0.808. The summed E-state index contributed by atoms with van der Waals surface area (Å²) < 4.78 is 2.09. The summed E-state index contributed by atoms with van der Waals surface area (Å²) in [4.78, 5) is 5.08. The number of fused-ring (bicyclic) bond motifs is 1. The zero-order chi connectivity index (χ0) is 10.8. The van der Waals surface area contributed by atoms with Gasteiger partial charge < -0.3 is 10.3 Å². The molecular weight excluding hydrogens is 206 g/mol. The third kappa shape index (κ3) is 1.99. The van der Waals surface area contributed by atoms with Crippen LogP contribution in [0.5, 0.6) is 0 Å². The highest BCUT2D eigenvalue weighted by molar-refractivity contribution is 7.80. The second-order valence-corrected chi connectivity index (χ2v) is 4.07. The molecule has 0 radical (unpaired) electrons. The van der Waals surface area contributed by atoms with Crippen LogP contribution in [0.25, 0.3) is 11.0 Å². The number of aromatic nitrogens is 2. The topological polar surface area (TPSA) is 43.8 Å². The fourth-order valence-electron chi connectivity index (χ4n) is 1.65. The van der Waals surface area contributed by atoms with E-state index >= 15 is 0 Å². The molecule has 0 atom stereocenters. The monoisotopic (exact) mass is 219 g/mol. The van der Waals surface area contributed by atoms with E-state index in [-0.39, 0.29) is 0 Å². The summed E-state index contributed by atoms with van der Waals surface area (Å²) in [6.45, 7) is 0. The van der Waals surface area contributed by atoms with Gasteiger partial charge in [0.15, 0.2) is 0 Å². The number of nitrogens with two attached hydrogens (primary N) is 1. The van der Waals surface area contributed by atoms with E-state index in [4.69, 9.17) is 18.0 Å².